The summed E-state index contributed by atoms with van der Waals surface area (Å²) in [6.45, 7) is 2.77. The number of nitrogens with zero attached hydrogens (tertiary/aromatic N) is 3. The van der Waals surface area contributed by atoms with Crippen LogP contribution in [-0.4, -0.2) is 22.7 Å². The molecular weight excluding hydrogens is 637 g/mol. The molecule has 1 aliphatic heterocycles. The molecule has 0 radical (unpaired) electrons. The van der Waals surface area contributed by atoms with Crippen molar-refractivity contribution >= 4 is 55.6 Å². The maximum Gasteiger partial charge on any atom is 0.282 e. The molecule has 1 aromatic heterocycles. The van der Waals surface area contributed by atoms with Crippen molar-refractivity contribution in [3.63, 3.8) is 0 Å². The molecule has 0 saturated carbocycles. The van der Waals surface area contributed by atoms with E-state index >= 15 is 0 Å². The number of ether oxygens (including phenoxy) is 3. The summed E-state index contributed by atoms with van der Waals surface area (Å²) in [5.41, 5.74) is 2.36. The highest BCUT2D eigenvalue weighted by molar-refractivity contribution is 14.1. The fourth-order valence-corrected chi connectivity index (χ4v) is 4.90. The summed E-state index contributed by atoms with van der Waals surface area (Å²) in [6.07, 6.45) is 4.30. The fraction of sp³-hybridized carbons (Fsp3) is 0.222. The summed E-state index contributed by atoms with van der Waals surface area (Å²) in [4.78, 5) is 18.0. The maximum atomic E-state index is 13.2. The standard InChI is InChI=1S/C27H23BrIN3O4/c1-2-3-4-26-31-22-8-7-19(28)13-20(22)27(33)32(26)30-14-17-5-9-23(21(29)11-17)34-15-18-6-10-24-25(12-18)36-16-35-24/h5-14H,2-4,15-16H2,1H3. The van der Waals surface area contributed by atoms with E-state index in [2.05, 4.69) is 50.5 Å². The minimum atomic E-state index is -0.179. The van der Waals surface area contributed by atoms with Gasteiger partial charge in [-0.25, -0.2) is 4.98 Å². The second-order valence-electron chi connectivity index (χ2n) is 8.32. The molecule has 0 amide bonds. The van der Waals surface area contributed by atoms with Gasteiger partial charge in [0.05, 0.1) is 20.7 Å². The predicted molar refractivity (Wildman–Crippen MR) is 151 cm³/mol. The second-order valence-corrected chi connectivity index (χ2v) is 10.4. The number of halogens is 2. The van der Waals surface area contributed by atoms with Crippen LogP contribution in [0.4, 0.5) is 0 Å². The van der Waals surface area contributed by atoms with Gasteiger partial charge in [-0.15, -0.1) is 0 Å². The number of rotatable bonds is 8. The van der Waals surface area contributed by atoms with Gasteiger partial charge in [0, 0.05) is 10.9 Å². The number of aryl methyl sites for hydroxylation is 1. The van der Waals surface area contributed by atoms with Crippen molar-refractivity contribution in [3.8, 4) is 17.2 Å². The molecule has 36 heavy (non-hydrogen) atoms. The number of unbranched alkanes of at least 4 members (excludes halogenated alkanes) is 1. The van der Waals surface area contributed by atoms with E-state index in [0.717, 1.165) is 49.3 Å². The molecule has 0 fully saturated rings. The normalized spacial score (nSPS) is 12.5. The van der Waals surface area contributed by atoms with E-state index in [0.29, 0.717) is 29.8 Å². The minimum absolute atomic E-state index is 0.179. The van der Waals surface area contributed by atoms with E-state index in [-0.39, 0.29) is 12.4 Å². The molecule has 0 unspecified atom stereocenters. The molecule has 1 aliphatic rings. The lowest BCUT2D eigenvalue weighted by atomic mass is 10.2. The van der Waals surface area contributed by atoms with Crippen LogP contribution in [0, 0.1) is 3.57 Å². The Bertz CT molecular complexity index is 1520. The van der Waals surface area contributed by atoms with E-state index in [1.165, 1.54) is 4.68 Å². The highest BCUT2D eigenvalue weighted by Gasteiger charge is 2.14. The molecule has 2 heterocycles. The van der Waals surface area contributed by atoms with Crippen molar-refractivity contribution in [1.29, 1.82) is 0 Å². The van der Waals surface area contributed by atoms with E-state index < -0.39 is 0 Å². The predicted octanol–water partition coefficient (Wildman–Crippen LogP) is 6.30. The van der Waals surface area contributed by atoms with Crippen molar-refractivity contribution in [2.24, 2.45) is 5.10 Å². The first-order chi connectivity index (χ1) is 17.5. The lowest BCUT2D eigenvalue weighted by molar-refractivity contribution is 0.174. The molecule has 3 aromatic carbocycles. The summed E-state index contributed by atoms with van der Waals surface area (Å²) in [6, 6.07) is 17.1. The van der Waals surface area contributed by atoms with E-state index in [1.54, 1.807) is 12.3 Å². The summed E-state index contributed by atoms with van der Waals surface area (Å²) in [5.74, 6) is 2.92. The van der Waals surface area contributed by atoms with Crippen molar-refractivity contribution in [1.82, 2.24) is 9.66 Å². The van der Waals surface area contributed by atoms with Crippen molar-refractivity contribution in [3.05, 3.63) is 89.9 Å². The summed E-state index contributed by atoms with van der Waals surface area (Å²) in [7, 11) is 0. The van der Waals surface area contributed by atoms with Crippen LogP contribution in [0.2, 0.25) is 0 Å². The van der Waals surface area contributed by atoms with Gasteiger partial charge in [-0.05, 0) is 88.7 Å². The molecule has 0 atom stereocenters. The molecule has 4 aromatic rings. The first-order valence-electron chi connectivity index (χ1n) is 11.6. The van der Waals surface area contributed by atoms with Crippen LogP contribution in [0.15, 0.2) is 69.0 Å². The summed E-state index contributed by atoms with van der Waals surface area (Å²) >= 11 is 5.69. The highest BCUT2D eigenvalue weighted by Crippen LogP contribution is 2.33. The molecule has 0 bridgehead atoms. The molecule has 0 spiro atoms. The van der Waals surface area contributed by atoms with Gasteiger partial charge in [-0.3, -0.25) is 4.79 Å². The van der Waals surface area contributed by atoms with E-state index in [1.807, 2.05) is 48.5 Å². The molecule has 7 nitrogen and oxygen atoms in total. The van der Waals surface area contributed by atoms with Gasteiger partial charge in [0.1, 0.15) is 18.2 Å². The molecule has 0 aliphatic carbocycles. The van der Waals surface area contributed by atoms with Gasteiger partial charge >= 0.3 is 0 Å². The van der Waals surface area contributed by atoms with Gasteiger partial charge in [-0.1, -0.05) is 35.3 Å². The Balaban J connectivity index is 1.37. The zero-order chi connectivity index (χ0) is 25.1. The molecular formula is C27H23BrIN3O4. The zero-order valence-corrected chi connectivity index (χ0v) is 23.3. The van der Waals surface area contributed by atoms with Crippen molar-refractivity contribution in [2.75, 3.05) is 6.79 Å². The Morgan fingerprint density at radius 3 is 2.83 bits per heavy atom. The number of benzene rings is 3. The van der Waals surface area contributed by atoms with Crippen molar-refractivity contribution in [2.45, 2.75) is 32.8 Å². The number of hydrogen-bond donors (Lipinski definition) is 0. The summed E-state index contributed by atoms with van der Waals surface area (Å²) in [5, 5.41) is 5.07. The van der Waals surface area contributed by atoms with Crippen LogP contribution in [0.1, 0.15) is 36.7 Å². The lowest BCUT2D eigenvalue weighted by Gasteiger charge is -2.10. The first kappa shape index (κ1) is 24.8. The SMILES string of the molecule is CCCCc1nc2ccc(Br)cc2c(=O)n1N=Cc1ccc(OCc2ccc3c(c2)OCO3)c(I)c1. The average molecular weight is 660 g/mol. The lowest BCUT2D eigenvalue weighted by Crippen LogP contribution is -2.22. The Morgan fingerprint density at radius 1 is 1.14 bits per heavy atom. The minimum Gasteiger partial charge on any atom is -0.488 e. The van der Waals surface area contributed by atoms with Crippen LogP contribution in [0.5, 0.6) is 17.2 Å². The maximum absolute atomic E-state index is 13.2. The summed E-state index contributed by atoms with van der Waals surface area (Å²) < 4.78 is 20.0. The smallest absolute Gasteiger partial charge is 0.282 e. The number of fused-ring (bicyclic) bond motifs is 2. The highest BCUT2D eigenvalue weighted by atomic mass is 127. The second kappa shape index (κ2) is 11.0. The van der Waals surface area contributed by atoms with Crippen molar-refractivity contribution < 1.29 is 14.2 Å². The zero-order valence-electron chi connectivity index (χ0n) is 19.5. The third kappa shape index (κ3) is 5.41. The first-order valence-corrected chi connectivity index (χ1v) is 13.5. The average Bonchev–Trinajstić information content (AvgIpc) is 3.35. The third-order valence-corrected chi connectivity index (χ3v) is 7.08. The van der Waals surface area contributed by atoms with Gasteiger partial charge in [-0.2, -0.15) is 9.78 Å². The topological polar surface area (TPSA) is 74.9 Å². The quantitative estimate of drug-likeness (QED) is 0.164. The largest absolute Gasteiger partial charge is 0.488 e. The van der Waals surface area contributed by atoms with Crippen LogP contribution in [0.25, 0.3) is 10.9 Å². The van der Waals surface area contributed by atoms with Gasteiger partial charge < -0.3 is 14.2 Å². The van der Waals surface area contributed by atoms with Crippen LogP contribution < -0.4 is 19.8 Å². The molecule has 0 N–H and O–H groups in total. The Hall–Kier alpha value is -2.92. The molecule has 0 saturated heterocycles. The van der Waals surface area contributed by atoms with E-state index in [4.69, 9.17) is 19.2 Å². The fourth-order valence-electron chi connectivity index (χ4n) is 3.84. The Kier molecular flexibility index (Phi) is 7.56. The third-order valence-electron chi connectivity index (χ3n) is 5.74. The van der Waals surface area contributed by atoms with Gasteiger partial charge in [0.2, 0.25) is 6.79 Å². The molecule has 9 heteroatoms. The Morgan fingerprint density at radius 2 is 2.00 bits per heavy atom. The van der Waals surface area contributed by atoms with Crippen LogP contribution >= 0.6 is 38.5 Å². The van der Waals surface area contributed by atoms with Gasteiger partial charge in [0.25, 0.3) is 5.56 Å². The molecule has 5 rings (SSSR count). The number of hydrogen-bond acceptors (Lipinski definition) is 6. The Labute approximate surface area is 230 Å². The monoisotopic (exact) mass is 659 g/mol. The molecule has 184 valence electrons. The number of aromatic nitrogens is 2. The van der Waals surface area contributed by atoms with Crippen LogP contribution in [0.3, 0.4) is 0 Å². The van der Waals surface area contributed by atoms with E-state index in [9.17, 15) is 4.79 Å². The van der Waals surface area contributed by atoms with Crippen LogP contribution in [-0.2, 0) is 13.0 Å². The van der Waals surface area contributed by atoms with Gasteiger partial charge in [0.15, 0.2) is 11.5 Å².